The molecule has 2 aromatic rings. The van der Waals surface area contributed by atoms with Crippen LogP contribution in [0.1, 0.15) is 16.7 Å². The molecule has 4 heteroatoms. The highest BCUT2D eigenvalue weighted by Gasteiger charge is 2.03. The van der Waals surface area contributed by atoms with Crippen molar-refractivity contribution in [3.8, 4) is 0 Å². The predicted octanol–water partition coefficient (Wildman–Crippen LogP) is 4.72. The minimum absolute atomic E-state index is 0.315. The first-order chi connectivity index (χ1) is 8.19. The average molecular weight is 270 g/mol. The molecule has 0 atom stereocenters. The zero-order valence-electron chi connectivity index (χ0n) is 9.47. The van der Waals surface area contributed by atoms with Gasteiger partial charge in [-0.25, -0.2) is 4.39 Å². The smallest absolute Gasteiger partial charge is 0.124 e. The highest BCUT2D eigenvalue weighted by Crippen LogP contribution is 2.24. The zero-order chi connectivity index (χ0) is 12.3. The summed E-state index contributed by atoms with van der Waals surface area (Å²) in [6.45, 7) is 2.86. The maximum Gasteiger partial charge on any atom is 0.124 e. The van der Waals surface area contributed by atoms with Gasteiger partial charge in [0.25, 0.3) is 0 Å². The van der Waals surface area contributed by atoms with E-state index in [0.29, 0.717) is 5.02 Å². The molecule has 0 spiro atoms. The second-order valence-corrected chi connectivity index (χ2v) is 5.36. The molecule has 0 aliphatic rings. The van der Waals surface area contributed by atoms with Gasteiger partial charge in [0.05, 0.1) is 10.7 Å². The SMILES string of the molecule is CCc1ccc(CNc2ccc(F)cc2Cl)s1. The number of nitrogens with one attached hydrogen (secondary N) is 1. The summed E-state index contributed by atoms with van der Waals surface area (Å²) in [5.41, 5.74) is 0.763. The number of hydrogen-bond donors (Lipinski definition) is 1. The summed E-state index contributed by atoms with van der Waals surface area (Å²) >= 11 is 7.71. The molecule has 1 N–H and O–H groups in total. The van der Waals surface area contributed by atoms with E-state index < -0.39 is 0 Å². The molecule has 1 aromatic heterocycles. The number of anilines is 1. The van der Waals surface area contributed by atoms with Gasteiger partial charge in [0.2, 0.25) is 0 Å². The van der Waals surface area contributed by atoms with Gasteiger partial charge < -0.3 is 5.32 Å². The second-order valence-electron chi connectivity index (χ2n) is 3.70. The quantitative estimate of drug-likeness (QED) is 0.847. The van der Waals surface area contributed by atoms with E-state index in [1.807, 2.05) is 0 Å². The fourth-order valence-corrected chi connectivity index (χ4v) is 2.65. The van der Waals surface area contributed by atoms with E-state index in [0.717, 1.165) is 18.7 Å². The fraction of sp³-hybridized carbons (Fsp3) is 0.231. The van der Waals surface area contributed by atoms with Gasteiger partial charge in [-0.15, -0.1) is 11.3 Å². The molecular weight excluding hydrogens is 257 g/mol. The van der Waals surface area contributed by atoms with Crippen molar-refractivity contribution >= 4 is 28.6 Å². The van der Waals surface area contributed by atoms with Crippen LogP contribution in [0.4, 0.5) is 10.1 Å². The largest absolute Gasteiger partial charge is 0.379 e. The van der Waals surface area contributed by atoms with E-state index in [9.17, 15) is 4.39 Å². The van der Waals surface area contributed by atoms with Crippen LogP contribution in [-0.4, -0.2) is 0 Å². The van der Waals surface area contributed by atoms with Crippen LogP contribution in [0.5, 0.6) is 0 Å². The highest BCUT2D eigenvalue weighted by molar-refractivity contribution is 7.12. The van der Waals surface area contributed by atoms with Crippen LogP contribution in [0.2, 0.25) is 5.02 Å². The van der Waals surface area contributed by atoms with Crippen molar-refractivity contribution in [3.63, 3.8) is 0 Å². The minimum atomic E-state index is -0.315. The molecule has 0 saturated heterocycles. The van der Waals surface area contributed by atoms with Crippen molar-refractivity contribution in [2.45, 2.75) is 19.9 Å². The van der Waals surface area contributed by atoms with Crippen molar-refractivity contribution < 1.29 is 4.39 Å². The van der Waals surface area contributed by atoms with Crippen LogP contribution in [-0.2, 0) is 13.0 Å². The molecule has 17 heavy (non-hydrogen) atoms. The molecule has 1 nitrogen and oxygen atoms in total. The summed E-state index contributed by atoms with van der Waals surface area (Å²) in [7, 11) is 0. The lowest BCUT2D eigenvalue weighted by Crippen LogP contribution is -1.98. The van der Waals surface area contributed by atoms with Gasteiger partial charge in [-0.1, -0.05) is 18.5 Å². The molecule has 0 fully saturated rings. The standard InChI is InChI=1S/C13H13ClFNS/c1-2-10-4-5-11(17-10)8-16-13-6-3-9(15)7-12(13)14/h3-7,16H,2,8H2,1H3. The maximum absolute atomic E-state index is 12.8. The fourth-order valence-electron chi connectivity index (χ4n) is 1.52. The normalized spacial score (nSPS) is 10.5. The van der Waals surface area contributed by atoms with Gasteiger partial charge in [0.15, 0.2) is 0 Å². The van der Waals surface area contributed by atoms with E-state index in [1.54, 1.807) is 17.4 Å². The predicted molar refractivity (Wildman–Crippen MR) is 72.4 cm³/mol. The summed E-state index contributed by atoms with van der Waals surface area (Å²) < 4.78 is 12.8. The molecule has 1 heterocycles. The Morgan fingerprint density at radius 1 is 1.24 bits per heavy atom. The number of thiophene rings is 1. The topological polar surface area (TPSA) is 12.0 Å². The number of halogens is 2. The van der Waals surface area contributed by atoms with E-state index in [-0.39, 0.29) is 5.82 Å². The minimum Gasteiger partial charge on any atom is -0.379 e. The molecule has 0 radical (unpaired) electrons. The lowest BCUT2D eigenvalue weighted by molar-refractivity contribution is 0.628. The molecule has 0 aliphatic carbocycles. The summed E-state index contributed by atoms with van der Waals surface area (Å²) in [6, 6.07) is 8.61. The van der Waals surface area contributed by atoms with Crippen molar-refractivity contribution in [1.82, 2.24) is 0 Å². The number of aryl methyl sites for hydroxylation is 1. The van der Waals surface area contributed by atoms with E-state index in [2.05, 4.69) is 24.4 Å². The van der Waals surface area contributed by atoms with Crippen LogP contribution in [0, 0.1) is 5.82 Å². The molecule has 0 unspecified atom stereocenters. The number of hydrogen-bond acceptors (Lipinski definition) is 2. The summed E-state index contributed by atoms with van der Waals surface area (Å²) in [5, 5.41) is 3.62. The molecule has 1 aromatic carbocycles. The Morgan fingerprint density at radius 3 is 2.65 bits per heavy atom. The Labute approximate surface area is 109 Å². The van der Waals surface area contributed by atoms with Gasteiger partial charge in [-0.05, 0) is 36.8 Å². The molecule has 0 aliphatic heterocycles. The van der Waals surface area contributed by atoms with Gasteiger partial charge in [0, 0.05) is 16.3 Å². The van der Waals surface area contributed by atoms with Gasteiger partial charge >= 0.3 is 0 Å². The first kappa shape index (κ1) is 12.4. The van der Waals surface area contributed by atoms with Crippen LogP contribution in [0.3, 0.4) is 0 Å². The lowest BCUT2D eigenvalue weighted by atomic mass is 10.3. The Balaban J connectivity index is 2.02. The Kier molecular flexibility index (Phi) is 4.02. The lowest BCUT2D eigenvalue weighted by Gasteiger charge is -2.06. The van der Waals surface area contributed by atoms with Crippen molar-refractivity contribution in [1.29, 1.82) is 0 Å². The first-order valence-electron chi connectivity index (χ1n) is 5.45. The number of rotatable bonds is 4. The molecular formula is C13H13ClFNS. The summed E-state index contributed by atoms with van der Waals surface area (Å²) in [4.78, 5) is 2.62. The Morgan fingerprint density at radius 2 is 2.00 bits per heavy atom. The maximum atomic E-state index is 12.8. The molecule has 0 saturated carbocycles. The van der Waals surface area contributed by atoms with Crippen LogP contribution < -0.4 is 5.32 Å². The third kappa shape index (κ3) is 3.20. The van der Waals surface area contributed by atoms with E-state index in [4.69, 9.17) is 11.6 Å². The van der Waals surface area contributed by atoms with Gasteiger partial charge in [0.1, 0.15) is 5.82 Å². The Bertz CT molecular complexity index is 510. The van der Waals surface area contributed by atoms with Crippen LogP contribution in [0.25, 0.3) is 0 Å². The van der Waals surface area contributed by atoms with Crippen molar-refractivity contribution in [2.24, 2.45) is 0 Å². The third-order valence-corrected chi connectivity index (χ3v) is 3.99. The number of benzene rings is 1. The van der Waals surface area contributed by atoms with Crippen LogP contribution in [0.15, 0.2) is 30.3 Å². The van der Waals surface area contributed by atoms with Gasteiger partial charge in [-0.3, -0.25) is 0 Å². The first-order valence-corrected chi connectivity index (χ1v) is 6.65. The molecule has 2 rings (SSSR count). The summed E-state index contributed by atoms with van der Waals surface area (Å²) in [5.74, 6) is -0.315. The van der Waals surface area contributed by atoms with E-state index in [1.165, 1.54) is 21.9 Å². The molecule has 0 bridgehead atoms. The summed E-state index contributed by atoms with van der Waals surface area (Å²) in [6.07, 6.45) is 1.06. The van der Waals surface area contributed by atoms with Crippen molar-refractivity contribution in [2.75, 3.05) is 5.32 Å². The van der Waals surface area contributed by atoms with Crippen LogP contribution >= 0.6 is 22.9 Å². The zero-order valence-corrected chi connectivity index (χ0v) is 11.0. The third-order valence-electron chi connectivity index (χ3n) is 2.45. The van der Waals surface area contributed by atoms with Crippen molar-refractivity contribution in [3.05, 3.63) is 50.9 Å². The highest BCUT2D eigenvalue weighted by atomic mass is 35.5. The average Bonchev–Trinajstić information content (AvgIpc) is 2.76. The molecule has 0 amide bonds. The van der Waals surface area contributed by atoms with E-state index >= 15 is 0 Å². The second kappa shape index (κ2) is 5.52. The van der Waals surface area contributed by atoms with Gasteiger partial charge in [-0.2, -0.15) is 0 Å². The monoisotopic (exact) mass is 269 g/mol. The Hall–Kier alpha value is -1.06. The molecule has 90 valence electrons.